The van der Waals surface area contributed by atoms with Crippen LogP contribution in [-0.2, 0) is 46.8 Å². The van der Waals surface area contributed by atoms with Crippen LogP contribution in [0.15, 0.2) is 72.8 Å². The van der Waals surface area contributed by atoms with Crippen LogP contribution in [0.3, 0.4) is 0 Å². The Hall–Kier alpha value is -5.53. The summed E-state index contributed by atoms with van der Waals surface area (Å²) >= 11 is 0. The van der Waals surface area contributed by atoms with Crippen LogP contribution in [-0.4, -0.2) is 145 Å². The van der Waals surface area contributed by atoms with Gasteiger partial charge in [0.1, 0.15) is 0 Å². The number of carboxylic acids is 1. The number of carbonyl (C=O) groups is 6. The Balaban J connectivity index is 0.000000572. The summed E-state index contributed by atoms with van der Waals surface area (Å²) in [6, 6.07) is 17.6. The predicted octanol–water partition coefficient (Wildman–Crippen LogP) is 8.83. The molecule has 0 aliphatic carbocycles. The number of rotatable bonds is 27. The number of hydrogen-bond donors (Lipinski definition) is 3. The van der Waals surface area contributed by atoms with E-state index in [1.54, 1.807) is 48.8 Å². The SMILES string of the molecule is CC(C)(CO)COC(=O)c1ccc(C(=O)OCC(C)(C)CO)cc1.CCOP(C)(=O)OCC(C)(C)COC(=O)c1ccc(C(=O)OCC(C)(C)COC)cc1.COCC(C)(C)COC(=O)c1ccc(C(=O)O)cc1. The molecule has 0 spiro atoms. The van der Waals surface area contributed by atoms with Crippen molar-refractivity contribution >= 4 is 43.4 Å². The number of aliphatic hydroxyl groups excluding tert-OH is 2. The van der Waals surface area contributed by atoms with Gasteiger partial charge < -0.3 is 57.5 Å². The molecule has 3 rings (SSSR count). The fourth-order valence-electron chi connectivity index (χ4n) is 5.52. The first-order valence-corrected chi connectivity index (χ1v) is 25.7. The maximum Gasteiger partial charge on any atom is 0.338 e. The highest BCUT2D eigenvalue weighted by atomic mass is 31.2. The van der Waals surface area contributed by atoms with E-state index in [1.807, 2.05) is 41.5 Å². The molecule has 0 bridgehead atoms. The molecule has 0 saturated heterocycles. The summed E-state index contributed by atoms with van der Waals surface area (Å²) < 4.78 is 58.8. The van der Waals surface area contributed by atoms with E-state index in [9.17, 15) is 33.3 Å². The van der Waals surface area contributed by atoms with Crippen molar-refractivity contribution in [1.82, 2.24) is 0 Å². The van der Waals surface area contributed by atoms with Gasteiger partial charge in [0.15, 0.2) is 0 Å². The molecular weight excluding hydrogens is 984 g/mol. The average molecular weight is 1060 g/mol. The molecule has 0 heterocycles. The number of carbonyl (C=O) groups excluding carboxylic acids is 5. The maximum absolute atomic E-state index is 12.3. The molecular formula is C54H79O19P. The van der Waals surface area contributed by atoms with Gasteiger partial charge in [-0.1, -0.05) is 69.2 Å². The van der Waals surface area contributed by atoms with Crippen LogP contribution < -0.4 is 0 Å². The predicted molar refractivity (Wildman–Crippen MR) is 276 cm³/mol. The first kappa shape index (κ1) is 66.5. The topological polar surface area (TPSA) is 263 Å². The molecule has 0 aliphatic rings. The van der Waals surface area contributed by atoms with E-state index in [2.05, 4.69) is 0 Å². The van der Waals surface area contributed by atoms with Crippen LogP contribution in [0.5, 0.6) is 0 Å². The van der Waals surface area contributed by atoms with Crippen molar-refractivity contribution in [3.05, 3.63) is 106 Å². The van der Waals surface area contributed by atoms with Gasteiger partial charge in [-0.25, -0.2) is 28.8 Å². The second-order valence-corrected chi connectivity index (χ2v) is 23.4. The second-order valence-electron chi connectivity index (χ2n) is 21.4. The molecule has 0 aliphatic heterocycles. The number of aromatic carboxylic acids is 1. The summed E-state index contributed by atoms with van der Waals surface area (Å²) in [7, 11) is 0.0660. The van der Waals surface area contributed by atoms with E-state index < -0.39 is 59.7 Å². The molecule has 0 fully saturated rings. The minimum Gasteiger partial charge on any atom is -0.478 e. The Morgan fingerprint density at radius 1 is 0.405 bits per heavy atom. The number of ether oxygens (including phenoxy) is 7. The summed E-state index contributed by atoms with van der Waals surface area (Å²) in [5, 5.41) is 27.0. The third-order valence-corrected chi connectivity index (χ3v) is 11.4. The zero-order valence-corrected chi connectivity index (χ0v) is 46.4. The normalized spacial score (nSPS) is 12.6. The molecule has 20 heteroatoms. The molecule has 414 valence electrons. The summed E-state index contributed by atoms with van der Waals surface area (Å²) in [4.78, 5) is 70.9. The summed E-state index contributed by atoms with van der Waals surface area (Å²) in [6.07, 6.45) is 0. The molecule has 19 nitrogen and oxygen atoms in total. The van der Waals surface area contributed by atoms with Crippen LogP contribution in [0.4, 0.5) is 0 Å². The fraction of sp³-hybridized carbons (Fsp3) is 0.556. The average Bonchev–Trinajstić information content (AvgIpc) is 3.35. The number of aliphatic hydroxyl groups is 2. The van der Waals surface area contributed by atoms with Crippen LogP contribution in [0, 0.1) is 27.1 Å². The van der Waals surface area contributed by atoms with Crippen LogP contribution in [0.2, 0.25) is 0 Å². The van der Waals surface area contributed by atoms with Crippen molar-refractivity contribution in [1.29, 1.82) is 0 Å². The van der Waals surface area contributed by atoms with Crippen LogP contribution in [0.25, 0.3) is 0 Å². The smallest absolute Gasteiger partial charge is 0.338 e. The van der Waals surface area contributed by atoms with E-state index in [1.165, 1.54) is 79.5 Å². The molecule has 0 amide bonds. The Labute approximate surface area is 436 Å². The Kier molecular flexibility index (Phi) is 27.6. The van der Waals surface area contributed by atoms with E-state index in [-0.39, 0.29) is 75.9 Å². The van der Waals surface area contributed by atoms with Crippen molar-refractivity contribution in [2.45, 2.75) is 76.2 Å². The van der Waals surface area contributed by atoms with Gasteiger partial charge in [0.05, 0.1) is 106 Å². The highest BCUT2D eigenvalue weighted by molar-refractivity contribution is 7.52. The van der Waals surface area contributed by atoms with Gasteiger partial charge in [-0.2, -0.15) is 0 Å². The highest BCUT2D eigenvalue weighted by Crippen LogP contribution is 2.45. The Morgan fingerprint density at radius 2 is 0.635 bits per heavy atom. The Morgan fingerprint density at radius 3 is 0.851 bits per heavy atom. The third kappa shape index (κ3) is 26.6. The van der Waals surface area contributed by atoms with Gasteiger partial charge in [-0.15, -0.1) is 0 Å². The first-order chi connectivity index (χ1) is 34.3. The summed E-state index contributed by atoms with van der Waals surface area (Å²) in [5.74, 6) is -3.53. The second kappa shape index (κ2) is 30.7. The van der Waals surface area contributed by atoms with Gasteiger partial charge in [0.25, 0.3) is 0 Å². The van der Waals surface area contributed by atoms with Crippen molar-refractivity contribution in [3.63, 3.8) is 0 Å². The molecule has 74 heavy (non-hydrogen) atoms. The van der Waals surface area contributed by atoms with Gasteiger partial charge in [-0.05, 0) is 79.7 Å². The summed E-state index contributed by atoms with van der Waals surface area (Å²) in [6.45, 7) is 23.6. The lowest BCUT2D eigenvalue weighted by Gasteiger charge is -2.25. The van der Waals surface area contributed by atoms with Gasteiger partial charge in [-0.3, -0.25) is 4.57 Å². The molecule has 3 N–H and O–H groups in total. The van der Waals surface area contributed by atoms with E-state index in [4.69, 9.17) is 57.5 Å². The molecule has 3 aromatic carbocycles. The number of methoxy groups -OCH3 is 2. The molecule has 0 aromatic heterocycles. The molecule has 1 unspecified atom stereocenters. The quantitative estimate of drug-likeness (QED) is 0.0366. The third-order valence-electron chi connectivity index (χ3n) is 10.0. The Bertz CT molecular complexity index is 2230. The van der Waals surface area contributed by atoms with Gasteiger partial charge in [0.2, 0.25) is 0 Å². The number of carboxylic acid groups (broad SMARTS) is 1. The minimum atomic E-state index is -3.12. The largest absolute Gasteiger partial charge is 0.478 e. The van der Waals surface area contributed by atoms with E-state index in [0.29, 0.717) is 41.0 Å². The van der Waals surface area contributed by atoms with E-state index >= 15 is 0 Å². The van der Waals surface area contributed by atoms with Crippen molar-refractivity contribution in [3.8, 4) is 0 Å². The van der Waals surface area contributed by atoms with Crippen LogP contribution >= 0.6 is 7.60 Å². The highest BCUT2D eigenvalue weighted by Gasteiger charge is 2.28. The van der Waals surface area contributed by atoms with Gasteiger partial charge >= 0.3 is 43.4 Å². The zero-order valence-electron chi connectivity index (χ0n) is 45.5. The van der Waals surface area contributed by atoms with Crippen LogP contribution in [0.1, 0.15) is 138 Å². The lowest BCUT2D eigenvalue weighted by atomic mass is 9.96. The molecule has 0 saturated carbocycles. The monoisotopic (exact) mass is 1060 g/mol. The lowest BCUT2D eigenvalue weighted by Crippen LogP contribution is -2.27. The summed E-state index contributed by atoms with van der Waals surface area (Å²) in [5.41, 5.74) is -0.364. The van der Waals surface area contributed by atoms with Crippen molar-refractivity contribution < 1.29 is 90.9 Å². The minimum absolute atomic E-state index is 0.0658. The molecule has 0 radical (unpaired) electrons. The maximum atomic E-state index is 12.3. The van der Waals surface area contributed by atoms with Crippen molar-refractivity contribution in [2.24, 2.45) is 27.1 Å². The number of benzene rings is 3. The van der Waals surface area contributed by atoms with Gasteiger partial charge in [0, 0.05) is 48.0 Å². The lowest BCUT2D eigenvalue weighted by molar-refractivity contribution is 0.0131. The first-order valence-electron chi connectivity index (χ1n) is 23.7. The standard InChI is InChI=1S/C22H35O8P.C18H26O6.C14H18O5/c1-8-29-31(7,25)30-16-22(4,5)15-28-20(24)18-11-9-17(10-12-18)19(23)27-14-21(2,3)13-26-6;1-17(2,9-19)11-23-15(21)13-5-7-14(8-6-13)16(22)24-12-18(3,4)10-20;1-14(2,8-18-3)9-19-13(17)11-6-4-10(5-7-11)12(15)16/h9-12H,8,13-16H2,1-7H3;5-8,19-20H,9-12H2,1-4H3;4-7H,8-9H2,1-3H3,(H,15,16). The molecule has 3 aromatic rings. The molecule has 1 atom stereocenters. The van der Waals surface area contributed by atoms with Crippen molar-refractivity contribution in [2.75, 3.05) is 93.6 Å². The number of hydrogen-bond acceptors (Lipinski definition) is 18. The number of esters is 5. The fourth-order valence-corrected chi connectivity index (χ4v) is 6.64. The van der Waals surface area contributed by atoms with E-state index in [0.717, 1.165) is 0 Å². The zero-order chi connectivity index (χ0) is 56.6.